The molecule has 10 heteroatoms. The normalized spacial score (nSPS) is 16.1. The predicted molar refractivity (Wildman–Crippen MR) is 98.8 cm³/mol. The number of benzene rings is 1. The average molecular weight is 395 g/mol. The molecule has 1 aliphatic heterocycles. The van der Waals surface area contributed by atoms with Crippen LogP contribution in [0.25, 0.3) is 11.5 Å². The smallest absolute Gasteiger partial charge is 0.226 e. The summed E-state index contributed by atoms with van der Waals surface area (Å²) in [6.07, 6.45) is -0.00306. The lowest BCUT2D eigenvalue weighted by molar-refractivity contribution is -0.116. The molecule has 4 heterocycles. The first kappa shape index (κ1) is 17.4. The maximum atomic E-state index is 14.5. The van der Waals surface area contributed by atoms with Gasteiger partial charge in [0, 0.05) is 17.9 Å². The van der Waals surface area contributed by atoms with E-state index in [1.807, 2.05) is 0 Å². The van der Waals surface area contributed by atoms with E-state index in [1.165, 1.54) is 16.8 Å². The van der Waals surface area contributed by atoms with Crippen LogP contribution >= 0.6 is 0 Å². The van der Waals surface area contributed by atoms with Crippen LogP contribution < -0.4 is 5.32 Å². The highest BCUT2D eigenvalue weighted by Crippen LogP contribution is 2.41. The summed E-state index contributed by atoms with van der Waals surface area (Å²) >= 11 is 0. The number of anilines is 1. The standard InChI is InChI=1S/C19H15F2N7O/c1-9-17-12(11-4-3-5-13(20)18(11)21)8-16(29)22-19(17)28(25-9)15-7-6-14-24-23-10(2)27(14)26-15/h3-7,12H,8H2,1-2H3,(H,22,29). The van der Waals surface area contributed by atoms with Crippen LogP contribution in [0.3, 0.4) is 0 Å². The van der Waals surface area contributed by atoms with Crippen LogP contribution in [-0.4, -0.2) is 35.5 Å². The van der Waals surface area contributed by atoms with Crippen LogP contribution in [0.15, 0.2) is 30.3 Å². The molecule has 0 spiro atoms. The Hall–Kier alpha value is -3.69. The number of hydrogen-bond acceptors (Lipinski definition) is 5. The van der Waals surface area contributed by atoms with Gasteiger partial charge in [0.05, 0.1) is 5.69 Å². The highest BCUT2D eigenvalue weighted by Gasteiger charge is 2.34. The van der Waals surface area contributed by atoms with Crippen molar-refractivity contribution < 1.29 is 13.6 Å². The second-order valence-corrected chi connectivity index (χ2v) is 6.92. The zero-order valence-corrected chi connectivity index (χ0v) is 15.5. The van der Waals surface area contributed by atoms with Crippen molar-refractivity contribution in [2.75, 3.05) is 5.32 Å². The molecule has 0 saturated heterocycles. The lowest BCUT2D eigenvalue weighted by atomic mass is 9.85. The Morgan fingerprint density at radius 2 is 1.93 bits per heavy atom. The summed E-state index contributed by atoms with van der Waals surface area (Å²) in [7, 11) is 0. The number of hydrogen-bond donors (Lipinski definition) is 1. The number of carbonyl (C=O) groups is 1. The third-order valence-electron chi connectivity index (χ3n) is 5.08. The van der Waals surface area contributed by atoms with Crippen LogP contribution in [0, 0.1) is 25.5 Å². The van der Waals surface area contributed by atoms with Crippen molar-refractivity contribution in [3.8, 4) is 5.82 Å². The number of aromatic nitrogens is 6. The zero-order chi connectivity index (χ0) is 20.3. The Morgan fingerprint density at radius 3 is 2.76 bits per heavy atom. The van der Waals surface area contributed by atoms with Gasteiger partial charge in [-0.2, -0.15) is 14.3 Å². The first-order valence-corrected chi connectivity index (χ1v) is 8.96. The van der Waals surface area contributed by atoms with Crippen molar-refractivity contribution in [2.24, 2.45) is 0 Å². The molecule has 1 atom stereocenters. The van der Waals surface area contributed by atoms with Gasteiger partial charge in [-0.25, -0.2) is 8.78 Å². The van der Waals surface area contributed by atoms with Gasteiger partial charge in [-0.15, -0.1) is 15.3 Å². The van der Waals surface area contributed by atoms with Crippen LogP contribution in [0.1, 0.15) is 35.0 Å². The van der Waals surface area contributed by atoms with E-state index < -0.39 is 17.6 Å². The second-order valence-electron chi connectivity index (χ2n) is 6.92. The van der Waals surface area contributed by atoms with E-state index >= 15 is 0 Å². The fraction of sp³-hybridized carbons (Fsp3) is 0.211. The molecule has 146 valence electrons. The summed E-state index contributed by atoms with van der Waals surface area (Å²) in [5.41, 5.74) is 1.93. The van der Waals surface area contributed by atoms with Crippen molar-refractivity contribution >= 4 is 17.4 Å². The maximum absolute atomic E-state index is 14.5. The lowest BCUT2D eigenvalue weighted by Crippen LogP contribution is -2.25. The highest BCUT2D eigenvalue weighted by molar-refractivity contribution is 5.95. The number of halogens is 2. The number of rotatable bonds is 2. The predicted octanol–water partition coefficient (Wildman–Crippen LogP) is 2.68. The van der Waals surface area contributed by atoms with Gasteiger partial charge >= 0.3 is 0 Å². The minimum absolute atomic E-state index is 0.00306. The highest BCUT2D eigenvalue weighted by atomic mass is 19.2. The molecule has 0 aliphatic carbocycles. The van der Waals surface area contributed by atoms with E-state index in [-0.39, 0.29) is 17.9 Å². The van der Waals surface area contributed by atoms with Gasteiger partial charge in [0.1, 0.15) is 5.82 Å². The molecule has 0 fully saturated rings. The Balaban J connectivity index is 1.70. The fourth-order valence-electron chi connectivity index (χ4n) is 3.77. The number of nitrogens with one attached hydrogen (secondary N) is 1. The third kappa shape index (κ3) is 2.59. The molecule has 1 N–H and O–H groups in total. The Labute approximate surface area is 163 Å². The van der Waals surface area contributed by atoms with Crippen molar-refractivity contribution in [3.63, 3.8) is 0 Å². The summed E-state index contributed by atoms with van der Waals surface area (Å²) in [6, 6.07) is 7.42. The summed E-state index contributed by atoms with van der Waals surface area (Å²) in [5.74, 6) is -1.43. The monoisotopic (exact) mass is 395 g/mol. The van der Waals surface area contributed by atoms with E-state index in [1.54, 1.807) is 30.5 Å². The van der Waals surface area contributed by atoms with Gasteiger partial charge in [-0.05, 0) is 37.6 Å². The van der Waals surface area contributed by atoms with Crippen LogP contribution in [0.2, 0.25) is 0 Å². The van der Waals surface area contributed by atoms with Gasteiger partial charge < -0.3 is 5.32 Å². The summed E-state index contributed by atoms with van der Waals surface area (Å²) in [5, 5.41) is 19.8. The molecule has 0 bridgehead atoms. The van der Waals surface area contributed by atoms with Gasteiger partial charge in [0.2, 0.25) is 5.91 Å². The minimum atomic E-state index is -0.954. The molecule has 0 saturated carbocycles. The van der Waals surface area contributed by atoms with Crippen LogP contribution in [-0.2, 0) is 4.79 Å². The minimum Gasteiger partial charge on any atom is -0.310 e. The summed E-state index contributed by atoms with van der Waals surface area (Å²) in [6.45, 7) is 3.53. The number of nitrogens with zero attached hydrogens (tertiary/aromatic N) is 6. The fourth-order valence-corrected chi connectivity index (χ4v) is 3.77. The second kappa shape index (κ2) is 6.16. The van der Waals surface area contributed by atoms with E-state index in [9.17, 15) is 13.6 Å². The average Bonchev–Trinajstić information content (AvgIpc) is 3.23. The van der Waals surface area contributed by atoms with E-state index in [4.69, 9.17) is 0 Å². The Bertz CT molecular complexity index is 1290. The van der Waals surface area contributed by atoms with Crippen molar-refractivity contribution in [1.29, 1.82) is 0 Å². The molecule has 5 rings (SSSR count). The molecule has 1 aromatic carbocycles. The first-order valence-electron chi connectivity index (χ1n) is 8.96. The number of carbonyl (C=O) groups excluding carboxylic acids is 1. The SMILES string of the molecule is Cc1nn(-c2ccc3nnc(C)n3n2)c2c1C(c1cccc(F)c1F)CC(=O)N2. The van der Waals surface area contributed by atoms with E-state index in [2.05, 4.69) is 25.7 Å². The largest absolute Gasteiger partial charge is 0.310 e. The van der Waals surface area contributed by atoms with Gasteiger partial charge in [-0.3, -0.25) is 4.79 Å². The number of fused-ring (bicyclic) bond motifs is 2. The summed E-state index contributed by atoms with van der Waals surface area (Å²) in [4.78, 5) is 12.4. The Morgan fingerprint density at radius 1 is 1.10 bits per heavy atom. The molecule has 1 aliphatic rings. The summed E-state index contributed by atoms with van der Waals surface area (Å²) < 4.78 is 31.4. The molecule has 8 nitrogen and oxygen atoms in total. The lowest BCUT2D eigenvalue weighted by Gasteiger charge is -2.24. The maximum Gasteiger partial charge on any atom is 0.226 e. The van der Waals surface area contributed by atoms with Gasteiger partial charge in [-0.1, -0.05) is 12.1 Å². The molecular formula is C19H15F2N7O. The molecule has 0 radical (unpaired) electrons. The van der Waals surface area contributed by atoms with Crippen molar-refractivity contribution in [2.45, 2.75) is 26.2 Å². The third-order valence-corrected chi connectivity index (χ3v) is 5.08. The number of amides is 1. The first-order chi connectivity index (χ1) is 13.9. The molecule has 4 aromatic rings. The topological polar surface area (TPSA) is 90.0 Å². The van der Waals surface area contributed by atoms with Crippen molar-refractivity contribution in [3.05, 3.63) is 64.6 Å². The van der Waals surface area contributed by atoms with Crippen molar-refractivity contribution in [1.82, 2.24) is 29.6 Å². The molecule has 1 unspecified atom stereocenters. The molecule has 1 amide bonds. The Kier molecular flexibility index (Phi) is 3.70. The number of aryl methyl sites for hydroxylation is 2. The van der Waals surface area contributed by atoms with Gasteiger partial charge in [0.25, 0.3) is 0 Å². The van der Waals surface area contributed by atoms with E-state index in [0.29, 0.717) is 34.4 Å². The quantitative estimate of drug-likeness (QED) is 0.564. The molecule has 3 aromatic heterocycles. The van der Waals surface area contributed by atoms with Gasteiger partial charge in [0.15, 0.2) is 28.9 Å². The zero-order valence-electron chi connectivity index (χ0n) is 15.5. The van der Waals surface area contributed by atoms with Crippen LogP contribution in [0.5, 0.6) is 0 Å². The molecule has 29 heavy (non-hydrogen) atoms. The van der Waals surface area contributed by atoms with Crippen LogP contribution in [0.4, 0.5) is 14.6 Å². The van der Waals surface area contributed by atoms with E-state index in [0.717, 1.165) is 6.07 Å². The molecular weight excluding hydrogens is 380 g/mol.